The van der Waals surface area contributed by atoms with Gasteiger partial charge in [0.15, 0.2) is 5.58 Å². The van der Waals surface area contributed by atoms with Gasteiger partial charge in [0.25, 0.3) is 0 Å². The zero-order valence-corrected chi connectivity index (χ0v) is 13.4. The first kappa shape index (κ1) is 14.5. The van der Waals surface area contributed by atoms with Crippen LogP contribution < -0.4 is 0 Å². The van der Waals surface area contributed by atoms with Gasteiger partial charge < -0.3 is 4.42 Å². The summed E-state index contributed by atoms with van der Waals surface area (Å²) >= 11 is 0. The molecule has 0 unspecified atom stereocenters. The molecule has 0 saturated carbocycles. The second kappa shape index (κ2) is 6.17. The molecule has 0 radical (unpaired) electrons. The Morgan fingerprint density at radius 1 is 0.792 bits per heavy atom. The summed E-state index contributed by atoms with van der Waals surface area (Å²) in [5, 5.41) is 0. The Morgan fingerprint density at radius 3 is 2.29 bits per heavy atom. The smallest absolute Gasteiger partial charge is 0.227 e. The van der Waals surface area contributed by atoms with Gasteiger partial charge in [-0.15, -0.1) is 0 Å². The number of aromatic nitrogens is 1. The molecule has 0 aliphatic rings. The van der Waals surface area contributed by atoms with E-state index in [2.05, 4.69) is 47.5 Å². The molecule has 2 nitrogen and oxygen atoms in total. The molecule has 0 aliphatic carbocycles. The lowest BCUT2D eigenvalue weighted by Crippen LogP contribution is -1.78. The van der Waals surface area contributed by atoms with E-state index < -0.39 is 0 Å². The monoisotopic (exact) mass is 311 g/mol. The average Bonchev–Trinajstić information content (AvgIpc) is 3.06. The highest BCUT2D eigenvalue weighted by atomic mass is 16.3. The van der Waals surface area contributed by atoms with Gasteiger partial charge >= 0.3 is 0 Å². The predicted molar refractivity (Wildman–Crippen MR) is 99.6 cm³/mol. The molecular formula is C22H17NO. The minimum atomic E-state index is 0.655. The number of nitrogens with zero attached hydrogens (tertiary/aromatic N) is 1. The second-order valence-corrected chi connectivity index (χ2v) is 5.69. The van der Waals surface area contributed by atoms with Crippen molar-refractivity contribution in [2.75, 3.05) is 0 Å². The molecule has 4 aromatic rings. The molecule has 1 aromatic heterocycles. The summed E-state index contributed by atoms with van der Waals surface area (Å²) in [6.07, 6.45) is 4.10. The van der Waals surface area contributed by atoms with Crippen molar-refractivity contribution in [1.82, 2.24) is 4.98 Å². The minimum absolute atomic E-state index is 0.655. The topological polar surface area (TPSA) is 26.0 Å². The van der Waals surface area contributed by atoms with Gasteiger partial charge in [0, 0.05) is 5.56 Å². The van der Waals surface area contributed by atoms with E-state index in [1.54, 1.807) is 0 Å². The first-order chi connectivity index (χ1) is 11.8. The Kier molecular flexibility index (Phi) is 3.72. The van der Waals surface area contributed by atoms with E-state index in [1.165, 1.54) is 11.1 Å². The summed E-state index contributed by atoms with van der Waals surface area (Å²) < 4.78 is 5.99. The van der Waals surface area contributed by atoms with Gasteiger partial charge in [0.2, 0.25) is 5.89 Å². The highest BCUT2D eigenvalue weighted by Crippen LogP contribution is 2.28. The van der Waals surface area contributed by atoms with E-state index >= 15 is 0 Å². The normalized spacial score (nSPS) is 11.4. The van der Waals surface area contributed by atoms with Crippen LogP contribution >= 0.6 is 0 Å². The zero-order chi connectivity index (χ0) is 16.4. The lowest BCUT2D eigenvalue weighted by Gasteiger charge is -1.99. The number of rotatable bonds is 3. The first-order valence-corrected chi connectivity index (χ1v) is 8.02. The summed E-state index contributed by atoms with van der Waals surface area (Å²) in [4.78, 5) is 4.61. The van der Waals surface area contributed by atoms with E-state index in [-0.39, 0.29) is 0 Å². The third kappa shape index (κ3) is 2.74. The fourth-order valence-electron chi connectivity index (χ4n) is 2.79. The summed E-state index contributed by atoms with van der Waals surface area (Å²) in [6.45, 7) is 2.01. The van der Waals surface area contributed by atoms with Crippen LogP contribution in [0.3, 0.4) is 0 Å². The average molecular weight is 311 g/mol. The van der Waals surface area contributed by atoms with Crippen LogP contribution in [0.15, 0.2) is 83.3 Å². The van der Waals surface area contributed by atoms with Crippen LogP contribution in [0.5, 0.6) is 0 Å². The van der Waals surface area contributed by atoms with Crippen LogP contribution in [-0.4, -0.2) is 4.98 Å². The van der Waals surface area contributed by atoms with Crippen molar-refractivity contribution < 1.29 is 4.42 Å². The van der Waals surface area contributed by atoms with Crippen LogP contribution in [0.25, 0.3) is 39.8 Å². The maximum Gasteiger partial charge on any atom is 0.227 e. The van der Waals surface area contributed by atoms with Crippen molar-refractivity contribution in [3.8, 4) is 22.6 Å². The second-order valence-electron chi connectivity index (χ2n) is 5.69. The zero-order valence-electron chi connectivity index (χ0n) is 13.4. The van der Waals surface area contributed by atoms with Crippen molar-refractivity contribution in [1.29, 1.82) is 0 Å². The summed E-state index contributed by atoms with van der Waals surface area (Å²) in [5.74, 6) is 0.655. The molecular weight excluding hydrogens is 294 g/mol. The summed E-state index contributed by atoms with van der Waals surface area (Å²) in [7, 11) is 0. The van der Waals surface area contributed by atoms with Crippen LogP contribution in [0.4, 0.5) is 0 Å². The predicted octanol–water partition coefficient (Wildman–Crippen LogP) is 6.19. The van der Waals surface area contributed by atoms with Gasteiger partial charge in [-0.2, -0.15) is 0 Å². The number of allylic oxidation sites excluding steroid dienone is 1. The molecule has 0 bridgehead atoms. The van der Waals surface area contributed by atoms with Crippen LogP contribution in [0.1, 0.15) is 12.5 Å². The minimum Gasteiger partial charge on any atom is -0.436 e. The van der Waals surface area contributed by atoms with Crippen LogP contribution in [-0.2, 0) is 0 Å². The molecule has 0 fully saturated rings. The molecule has 24 heavy (non-hydrogen) atoms. The molecule has 2 heteroatoms. The van der Waals surface area contributed by atoms with Crippen molar-refractivity contribution >= 4 is 17.2 Å². The third-order valence-corrected chi connectivity index (χ3v) is 4.01. The van der Waals surface area contributed by atoms with Crippen molar-refractivity contribution in [2.45, 2.75) is 6.92 Å². The van der Waals surface area contributed by atoms with E-state index in [1.807, 2.05) is 49.4 Å². The van der Waals surface area contributed by atoms with Crippen molar-refractivity contribution in [3.63, 3.8) is 0 Å². The third-order valence-electron chi connectivity index (χ3n) is 4.01. The first-order valence-electron chi connectivity index (χ1n) is 8.02. The Balaban J connectivity index is 1.73. The molecule has 4 rings (SSSR count). The Bertz CT molecular complexity index is 995. The standard InChI is InChI=1S/C22H17NO/c1-2-6-16-9-11-18(12-10-16)22-23-20-14-13-19(15-21(20)24-22)17-7-4-3-5-8-17/h2-15H,1H3/b6-2+. The van der Waals surface area contributed by atoms with Gasteiger partial charge in [-0.3, -0.25) is 0 Å². The number of benzene rings is 3. The molecule has 1 heterocycles. The molecule has 0 amide bonds. The highest BCUT2D eigenvalue weighted by Gasteiger charge is 2.09. The molecule has 0 atom stereocenters. The lowest BCUT2D eigenvalue weighted by molar-refractivity contribution is 0.620. The van der Waals surface area contributed by atoms with Crippen molar-refractivity contribution in [2.24, 2.45) is 0 Å². The SMILES string of the molecule is C/C=C/c1ccc(-c2nc3ccc(-c4ccccc4)cc3o2)cc1. The largest absolute Gasteiger partial charge is 0.436 e. The molecule has 0 spiro atoms. The summed E-state index contributed by atoms with van der Waals surface area (Å²) in [6, 6.07) is 24.7. The fourth-order valence-corrected chi connectivity index (χ4v) is 2.79. The number of fused-ring (bicyclic) bond motifs is 1. The van der Waals surface area contributed by atoms with Gasteiger partial charge in [0.05, 0.1) is 0 Å². The molecule has 0 saturated heterocycles. The van der Waals surface area contributed by atoms with Gasteiger partial charge in [-0.05, 0) is 47.9 Å². The Labute approximate surface area is 141 Å². The maximum atomic E-state index is 5.99. The van der Waals surface area contributed by atoms with E-state index in [4.69, 9.17) is 4.42 Å². The van der Waals surface area contributed by atoms with Gasteiger partial charge in [-0.25, -0.2) is 4.98 Å². The van der Waals surface area contributed by atoms with E-state index in [0.717, 1.165) is 22.2 Å². The van der Waals surface area contributed by atoms with Crippen LogP contribution in [0.2, 0.25) is 0 Å². The molecule has 0 N–H and O–H groups in total. The van der Waals surface area contributed by atoms with E-state index in [0.29, 0.717) is 5.89 Å². The molecule has 116 valence electrons. The van der Waals surface area contributed by atoms with E-state index in [9.17, 15) is 0 Å². The maximum absolute atomic E-state index is 5.99. The fraction of sp³-hybridized carbons (Fsp3) is 0.0455. The highest BCUT2D eigenvalue weighted by molar-refractivity contribution is 5.82. The number of oxazole rings is 1. The van der Waals surface area contributed by atoms with Gasteiger partial charge in [-0.1, -0.05) is 60.7 Å². The number of hydrogen-bond donors (Lipinski definition) is 0. The van der Waals surface area contributed by atoms with Crippen LogP contribution in [0, 0.1) is 0 Å². The van der Waals surface area contributed by atoms with Crippen molar-refractivity contribution in [3.05, 3.63) is 84.4 Å². The Morgan fingerprint density at radius 2 is 1.54 bits per heavy atom. The quantitative estimate of drug-likeness (QED) is 0.450. The molecule has 3 aromatic carbocycles. The summed E-state index contributed by atoms with van der Waals surface area (Å²) in [5.41, 5.74) is 6.15. The lowest BCUT2D eigenvalue weighted by atomic mass is 10.1. The Hall–Kier alpha value is -3.13. The number of hydrogen-bond acceptors (Lipinski definition) is 2. The molecule has 0 aliphatic heterocycles. The van der Waals surface area contributed by atoms with Gasteiger partial charge in [0.1, 0.15) is 5.52 Å².